The minimum Gasteiger partial charge on any atom is -0.308 e. The summed E-state index contributed by atoms with van der Waals surface area (Å²) in [5, 5.41) is 8.93. The number of aryl methyl sites for hydroxylation is 2. The number of halogens is 1. The van der Waals surface area contributed by atoms with Crippen molar-refractivity contribution in [2.75, 3.05) is 0 Å². The van der Waals surface area contributed by atoms with Gasteiger partial charge < -0.3 is 5.32 Å². The average molecular weight is 270 g/mol. The molecule has 4 heteroatoms. The van der Waals surface area contributed by atoms with Crippen molar-refractivity contribution >= 4 is 11.6 Å². The molecule has 0 aliphatic heterocycles. The number of nitrogens with zero attached hydrogens (tertiary/aromatic N) is 2. The van der Waals surface area contributed by atoms with Crippen molar-refractivity contribution in [3.8, 4) is 0 Å². The maximum absolute atomic E-state index is 6.35. The molecule has 0 saturated heterocycles. The van der Waals surface area contributed by atoms with Crippen molar-refractivity contribution in [1.29, 1.82) is 0 Å². The molecule has 1 aromatic heterocycles. The molecule has 1 aliphatic carbocycles. The fraction of sp³-hybridized carbons (Fsp3) is 0.786. The fourth-order valence-electron chi connectivity index (χ4n) is 2.72. The topological polar surface area (TPSA) is 29.9 Å². The number of rotatable bonds is 4. The Morgan fingerprint density at radius 1 is 1.33 bits per heavy atom. The van der Waals surface area contributed by atoms with E-state index in [0.29, 0.717) is 6.04 Å². The second-order valence-corrected chi connectivity index (χ2v) is 5.90. The highest BCUT2D eigenvalue weighted by atomic mass is 35.5. The quantitative estimate of drug-likeness (QED) is 0.909. The Kier molecular flexibility index (Phi) is 4.68. The Hall–Kier alpha value is -0.540. The summed E-state index contributed by atoms with van der Waals surface area (Å²) in [6.07, 6.45) is 6.16. The van der Waals surface area contributed by atoms with Gasteiger partial charge in [0.1, 0.15) is 0 Å². The lowest BCUT2D eigenvalue weighted by atomic mass is 9.87. The normalized spacial score (nSPS) is 24.4. The van der Waals surface area contributed by atoms with Gasteiger partial charge in [-0.05, 0) is 38.0 Å². The van der Waals surface area contributed by atoms with Gasteiger partial charge in [0.25, 0.3) is 0 Å². The molecule has 0 bridgehead atoms. The van der Waals surface area contributed by atoms with E-state index in [2.05, 4.69) is 24.3 Å². The molecule has 102 valence electrons. The first kappa shape index (κ1) is 13.9. The standard InChI is InChI=1S/C14H24ClN3/c1-4-12-14(15)13(18(3)17-12)9-16-11-7-5-10(2)6-8-11/h10-11,16H,4-9H2,1-3H3. The summed E-state index contributed by atoms with van der Waals surface area (Å²) >= 11 is 6.35. The number of aromatic nitrogens is 2. The van der Waals surface area contributed by atoms with E-state index in [1.54, 1.807) is 0 Å². The van der Waals surface area contributed by atoms with Crippen molar-refractivity contribution in [2.45, 2.75) is 58.5 Å². The van der Waals surface area contributed by atoms with Gasteiger partial charge in [-0.3, -0.25) is 4.68 Å². The Morgan fingerprint density at radius 2 is 2.00 bits per heavy atom. The van der Waals surface area contributed by atoms with E-state index >= 15 is 0 Å². The summed E-state index contributed by atoms with van der Waals surface area (Å²) in [5.41, 5.74) is 2.13. The maximum atomic E-state index is 6.35. The molecule has 1 heterocycles. The predicted molar refractivity (Wildman–Crippen MR) is 75.9 cm³/mol. The SMILES string of the molecule is CCc1nn(C)c(CNC2CCC(C)CC2)c1Cl. The molecule has 0 spiro atoms. The van der Waals surface area contributed by atoms with Crippen LogP contribution in [-0.4, -0.2) is 15.8 Å². The molecule has 0 amide bonds. The van der Waals surface area contributed by atoms with Gasteiger partial charge in [-0.1, -0.05) is 25.4 Å². The molecule has 0 aromatic carbocycles. The zero-order chi connectivity index (χ0) is 13.1. The summed E-state index contributed by atoms with van der Waals surface area (Å²) < 4.78 is 1.92. The Bertz CT molecular complexity index is 392. The molecule has 1 fully saturated rings. The van der Waals surface area contributed by atoms with E-state index in [9.17, 15) is 0 Å². The lowest BCUT2D eigenvalue weighted by Crippen LogP contribution is -2.32. The third-order valence-electron chi connectivity index (χ3n) is 4.08. The highest BCUT2D eigenvalue weighted by Crippen LogP contribution is 2.25. The third kappa shape index (κ3) is 3.07. The van der Waals surface area contributed by atoms with Gasteiger partial charge in [0.2, 0.25) is 0 Å². The molecule has 1 aliphatic rings. The molecular weight excluding hydrogens is 246 g/mol. The van der Waals surface area contributed by atoms with Gasteiger partial charge in [0.05, 0.1) is 16.4 Å². The molecule has 3 nitrogen and oxygen atoms in total. The Balaban J connectivity index is 1.92. The van der Waals surface area contributed by atoms with Crippen molar-refractivity contribution in [3.05, 3.63) is 16.4 Å². The van der Waals surface area contributed by atoms with E-state index < -0.39 is 0 Å². The summed E-state index contributed by atoms with van der Waals surface area (Å²) in [6.45, 7) is 5.27. The fourth-order valence-corrected chi connectivity index (χ4v) is 3.08. The van der Waals surface area contributed by atoms with E-state index in [1.807, 2.05) is 11.7 Å². The molecule has 0 atom stereocenters. The summed E-state index contributed by atoms with van der Waals surface area (Å²) in [4.78, 5) is 0. The highest BCUT2D eigenvalue weighted by molar-refractivity contribution is 6.31. The molecule has 18 heavy (non-hydrogen) atoms. The van der Waals surface area contributed by atoms with Crippen LogP contribution in [-0.2, 0) is 20.0 Å². The largest absolute Gasteiger partial charge is 0.308 e. The molecule has 1 N–H and O–H groups in total. The van der Waals surface area contributed by atoms with Crippen LogP contribution >= 0.6 is 11.6 Å². The maximum Gasteiger partial charge on any atom is 0.0863 e. The minimum atomic E-state index is 0.650. The molecule has 0 radical (unpaired) electrons. The molecule has 0 unspecified atom stereocenters. The average Bonchev–Trinajstić information content (AvgIpc) is 2.64. The first-order valence-electron chi connectivity index (χ1n) is 7.05. The van der Waals surface area contributed by atoms with E-state index in [0.717, 1.165) is 35.3 Å². The summed E-state index contributed by atoms with van der Waals surface area (Å²) in [6, 6.07) is 0.650. The van der Waals surface area contributed by atoms with Crippen LogP contribution in [0.5, 0.6) is 0 Å². The van der Waals surface area contributed by atoms with Gasteiger partial charge in [0.15, 0.2) is 0 Å². The highest BCUT2D eigenvalue weighted by Gasteiger charge is 2.19. The Morgan fingerprint density at radius 3 is 2.56 bits per heavy atom. The Labute approximate surface area is 115 Å². The predicted octanol–water partition coefficient (Wildman–Crippen LogP) is 3.30. The van der Waals surface area contributed by atoms with Crippen LogP contribution in [0, 0.1) is 5.92 Å². The van der Waals surface area contributed by atoms with Gasteiger partial charge in [-0.15, -0.1) is 0 Å². The number of hydrogen-bond donors (Lipinski definition) is 1. The molecule has 1 aromatic rings. The second-order valence-electron chi connectivity index (χ2n) is 5.52. The van der Waals surface area contributed by atoms with Crippen LogP contribution < -0.4 is 5.32 Å². The van der Waals surface area contributed by atoms with Crippen LogP contribution in [0.25, 0.3) is 0 Å². The zero-order valence-corrected chi connectivity index (χ0v) is 12.4. The van der Waals surface area contributed by atoms with Gasteiger partial charge in [-0.2, -0.15) is 5.10 Å². The van der Waals surface area contributed by atoms with Gasteiger partial charge >= 0.3 is 0 Å². The molecule has 1 saturated carbocycles. The van der Waals surface area contributed by atoms with Gasteiger partial charge in [-0.25, -0.2) is 0 Å². The number of nitrogens with one attached hydrogen (secondary N) is 1. The summed E-state index contributed by atoms with van der Waals surface area (Å²) in [7, 11) is 1.98. The van der Waals surface area contributed by atoms with E-state index in [4.69, 9.17) is 11.6 Å². The van der Waals surface area contributed by atoms with Crippen molar-refractivity contribution in [1.82, 2.24) is 15.1 Å². The lowest BCUT2D eigenvalue weighted by Gasteiger charge is -2.27. The monoisotopic (exact) mass is 269 g/mol. The smallest absolute Gasteiger partial charge is 0.0863 e. The number of hydrogen-bond acceptors (Lipinski definition) is 2. The summed E-state index contributed by atoms with van der Waals surface area (Å²) in [5.74, 6) is 0.898. The van der Waals surface area contributed by atoms with Crippen LogP contribution in [0.3, 0.4) is 0 Å². The van der Waals surface area contributed by atoms with E-state index in [-0.39, 0.29) is 0 Å². The lowest BCUT2D eigenvalue weighted by molar-refractivity contribution is 0.305. The van der Waals surface area contributed by atoms with Crippen LogP contribution in [0.4, 0.5) is 0 Å². The zero-order valence-electron chi connectivity index (χ0n) is 11.7. The molecule has 2 rings (SSSR count). The minimum absolute atomic E-state index is 0.650. The van der Waals surface area contributed by atoms with Crippen molar-refractivity contribution < 1.29 is 0 Å². The second kappa shape index (κ2) is 6.07. The molecular formula is C14H24ClN3. The van der Waals surface area contributed by atoms with Gasteiger partial charge in [0, 0.05) is 19.6 Å². The van der Waals surface area contributed by atoms with Crippen LogP contribution in [0.1, 0.15) is 50.9 Å². The van der Waals surface area contributed by atoms with E-state index in [1.165, 1.54) is 25.7 Å². The van der Waals surface area contributed by atoms with Crippen LogP contribution in [0.2, 0.25) is 5.02 Å². The van der Waals surface area contributed by atoms with Crippen molar-refractivity contribution in [2.24, 2.45) is 13.0 Å². The first-order valence-corrected chi connectivity index (χ1v) is 7.43. The van der Waals surface area contributed by atoms with Crippen molar-refractivity contribution in [3.63, 3.8) is 0 Å². The first-order chi connectivity index (χ1) is 8.61. The van der Waals surface area contributed by atoms with Crippen LogP contribution in [0.15, 0.2) is 0 Å². The third-order valence-corrected chi connectivity index (χ3v) is 4.51.